The zero-order chi connectivity index (χ0) is 25.4. The van der Waals surface area contributed by atoms with Gasteiger partial charge in [0.25, 0.3) is 0 Å². The second-order valence-electron chi connectivity index (χ2n) is 11.0. The molecule has 0 N–H and O–H groups in total. The van der Waals surface area contributed by atoms with Crippen LogP contribution in [0.1, 0.15) is 72.9 Å². The van der Waals surface area contributed by atoms with Crippen LogP contribution in [0.25, 0.3) is 0 Å². The fourth-order valence-corrected chi connectivity index (χ4v) is 4.33. The number of hydrogen-bond acceptors (Lipinski definition) is 0. The molecule has 0 bridgehead atoms. The fraction of sp³-hybridized carbons (Fsp3) is 0.364. The second-order valence-corrected chi connectivity index (χ2v) is 12.3. The first kappa shape index (κ1) is 28.4. The molecular formula is C33H40Zr. The Bertz CT molecular complexity index is 1010. The Morgan fingerprint density at radius 2 is 1.32 bits per heavy atom. The zero-order valence-corrected chi connectivity index (χ0v) is 24.7. The van der Waals surface area contributed by atoms with Gasteiger partial charge < -0.3 is 0 Å². The molecule has 1 heteroatoms. The standard InChI is InChI=1S/C13H10.2C10H15.Zr/c1-3-7-12(8-4-1)11-13-9-5-2-6-10-13;2*1-8-5-6-9(7-8)10(2,3)4;/h1-10H;7H,6H2,1-4H3;6-8H,1-4H3;/q;2*-1;+2. The van der Waals surface area contributed by atoms with E-state index in [9.17, 15) is 0 Å². The molecule has 176 valence electrons. The van der Waals surface area contributed by atoms with E-state index in [0.29, 0.717) is 16.7 Å². The van der Waals surface area contributed by atoms with Crippen molar-refractivity contribution in [2.24, 2.45) is 16.7 Å². The van der Waals surface area contributed by atoms with Crippen LogP contribution in [0, 0.1) is 28.9 Å². The van der Waals surface area contributed by atoms with Crippen LogP contribution in [0.3, 0.4) is 0 Å². The maximum atomic E-state index is 3.30. The molecule has 34 heavy (non-hydrogen) atoms. The van der Waals surface area contributed by atoms with Crippen molar-refractivity contribution in [1.82, 2.24) is 0 Å². The first-order valence-electron chi connectivity index (χ1n) is 12.2. The molecule has 0 fully saturated rings. The van der Waals surface area contributed by atoms with Crippen molar-refractivity contribution in [1.29, 1.82) is 0 Å². The molecule has 1 unspecified atom stereocenters. The first-order valence-corrected chi connectivity index (χ1v) is 13.4. The zero-order valence-electron chi connectivity index (χ0n) is 22.3. The van der Waals surface area contributed by atoms with Gasteiger partial charge in [-0.05, 0) is 5.41 Å². The molecule has 4 rings (SSSR count). The van der Waals surface area contributed by atoms with Crippen molar-refractivity contribution in [2.45, 2.75) is 61.8 Å². The Balaban J connectivity index is 0.000000185. The van der Waals surface area contributed by atoms with Crippen molar-refractivity contribution in [3.8, 4) is 0 Å². The maximum absolute atomic E-state index is 3.30. The quantitative estimate of drug-likeness (QED) is 0.342. The summed E-state index contributed by atoms with van der Waals surface area (Å²) in [5.74, 6) is 0.522. The number of benzene rings is 2. The molecule has 0 radical (unpaired) electrons. The summed E-state index contributed by atoms with van der Waals surface area (Å²) in [6.07, 6.45) is 14.2. The van der Waals surface area contributed by atoms with E-state index >= 15 is 0 Å². The minimum absolute atomic E-state index is 0.303. The van der Waals surface area contributed by atoms with Gasteiger partial charge in [-0.3, -0.25) is 12.2 Å². The summed E-state index contributed by atoms with van der Waals surface area (Å²) in [5, 5.41) is 0. The Hall–Kier alpha value is -1.85. The molecule has 2 aromatic rings. The van der Waals surface area contributed by atoms with E-state index in [1.807, 2.05) is 0 Å². The molecule has 1 atom stereocenters. The summed E-state index contributed by atoms with van der Waals surface area (Å²) in [5.41, 5.74) is 7.52. The number of rotatable bonds is 2. The SMILES string of the molecule is CC1=[C-]CC(C(C)(C)C)=C1.CC1[C-]=CC(C(C)(C)C)=C1.[Zr+2]=[C](c1ccccc1)c1ccccc1. The van der Waals surface area contributed by atoms with Gasteiger partial charge in [0.15, 0.2) is 0 Å². The monoisotopic (exact) mass is 526 g/mol. The third-order valence-corrected chi connectivity index (χ3v) is 7.25. The molecule has 0 heterocycles. The molecule has 2 aliphatic rings. The van der Waals surface area contributed by atoms with Crippen LogP contribution in [0.4, 0.5) is 0 Å². The van der Waals surface area contributed by atoms with Crippen molar-refractivity contribution >= 4 is 3.21 Å². The number of hydrogen-bond donors (Lipinski definition) is 0. The molecule has 0 spiro atoms. The fourth-order valence-electron chi connectivity index (χ4n) is 3.51. The second kappa shape index (κ2) is 12.7. The minimum atomic E-state index is 0.303. The average molecular weight is 528 g/mol. The van der Waals surface area contributed by atoms with Crippen LogP contribution in [0.15, 0.2) is 95.6 Å². The summed E-state index contributed by atoms with van der Waals surface area (Å²) in [4.78, 5) is 0. The topological polar surface area (TPSA) is 0 Å². The summed E-state index contributed by atoms with van der Waals surface area (Å²) in [6.45, 7) is 17.7. The predicted octanol–water partition coefficient (Wildman–Crippen LogP) is 8.88. The van der Waals surface area contributed by atoms with Gasteiger partial charge in [-0.2, -0.15) is 17.2 Å². The van der Waals surface area contributed by atoms with E-state index in [4.69, 9.17) is 0 Å². The molecule has 2 aromatic carbocycles. The summed E-state index contributed by atoms with van der Waals surface area (Å²) in [7, 11) is 0. The molecule has 0 saturated heterocycles. The van der Waals surface area contributed by atoms with Gasteiger partial charge in [-0.25, -0.2) is 17.7 Å². The Kier molecular flexibility index (Phi) is 10.6. The van der Waals surface area contributed by atoms with Crippen LogP contribution >= 0.6 is 0 Å². The summed E-state index contributed by atoms with van der Waals surface area (Å²) in [6, 6.07) is 21.1. The van der Waals surface area contributed by atoms with Gasteiger partial charge in [0.05, 0.1) is 0 Å². The van der Waals surface area contributed by atoms with Crippen LogP contribution in [0.5, 0.6) is 0 Å². The molecular weight excluding hydrogens is 488 g/mol. The van der Waals surface area contributed by atoms with Gasteiger partial charge in [0.1, 0.15) is 0 Å². The Morgan fingerprint density at radius 1 is 0.824 bits per heavy atom. The molecule has 2 aliphatic carbocycles. The van der Waals surface area contributed by atoms with E-state index in [1.165, 1.54) is 55.3 Å². The predicted molar refractivity (Wildman–Crippen MR) is 145 cm³/mol. The van der Waals surface area contributed by atoms with E-state index in [2.05, 4.69) is 146 Å². The van der Waals surface area contributed by atoms with E-state index in [1.54, 1.807) is 0 Å². The molecule has 0 aliphatic heterocycles. The Morgan fingerprint density at radius 3 is 1.59 bits per heavy atom. The Labute approximate surface area is 223 Å². The van der Waals surface area contributed by atoms with Crippen molar-refractivity contribution < 1.29 is 24.2 Å². The molecule has 0 aromatic heterocycles. The van der Waals surface area contributed by atoms with Gasteiger partial charge in [0.2, 0.25) is 0 Å². The normalized spacial score (nSPS) is 17.0. The molecule has 0 amide bonds. The van der Waals surface area contributed by atoms with Crippen molar-refractivity contribution in [3.63, 3.8) is 0 Å². The molecule has 0 nitrogen and oxygen atoms in total. The van der Waals surface area contributed by atoms with Gasteiger partial charge in [-0.1, -0.05) is 66.7 Å². The van der Waals surface area contributed by atoms with Gasteiger partial charge in [-0.15, -0.1) is 6.42 Å². The van der Waals surface area contributed by atoms with Crippen LogP contribution in [-0.4, -0.2) is 3.21 Å². The van der Waals surface area contributed by atoms with Crippen molar-refractivity contribution in [2.75, 3.05) is 0 Å². The summed E-state index contributed by atoms with van der Waals surface area (Å²) >= 11 is 1.46. The van der Waals surface area contributed by atoms with E-state index in [-0.39, 0.29) is 0 Å². The van der Waals surface area contributed by atoms with E-state index in [0.717, 1.165) is 6.42 Å². The number of allylic oxidation sites excluding steroid dienone is 8. The third kappa shape index (κ3) is 9.42. The summed E-state index contributed by atoms with van der Waals surface area (Å²) < 4.78 is 1.42. The first-order chi connectivity index (χ1) is 15.9. The van der Waals surface area contributed by atoms with Gasteiger partial charge >= 0.3 is 99.2 Å². The van der Waals surface area contributed by atoms with Crippen LogP contribution in [-0.2, 0) is 24.2 Å². The van der Waals surface area contributed by atoms with Crippen LogP contribution < -0.4 is 0 Å². The van der Waals surface area contributed by atoms with Crippen molar-refractivity contribution in [3.05, 3.63) is 119 Å². The van der Waals surface area contributed by atoms with Gasteiger partial charge in [0, 0.05) is 0 Å². The average Bonchev–Trinajstić information content (AvgIpc) is 3.44. The third-order valence-electron chi connectivity index (χ3n) is 5.83. The molecule has 0 saturated carbocycles. The van der Waals surface area contributed by atoms with E-state index < -0.39 is 0 Å². The van der Waals surface area contributed by atoms with Crippen LogP contribution in [0.2, 0.25) is 0 Å².